The second kappa shape index (κ2) is 6.52. The predicted molar refractivity (Wildman–Crippen MR) is 92.5 cm³/mol. The van der Waals surface area contributed by atoms with Gasteiger partial charge in [0.05, 0.1) is 0 Å². The maximum Gasteiger partial charge on any atom is 0.586 e. The molecule has 1 N–H and O–H groups in total. The average molecular weight is 389 g/mol. The number of para-hydroxylation sites is 1. The Balaban J connectivity index is 1.38. The lowest BCUT2D eigenvalue weighted by atomic mass is 10.1. The van der Waals surface area contributed by atoms with E-state index in [2.05, 4.69) is 14.8 Å². The standard InChI is InChI=1S/C19H13F2NO6/c1-10-12-4-2-3-5-13(12)26-17(10)18(24)25-9-16(23)22-11-6-7-14-15(8-11)28-19(20,21)27-14/h2-8H,9H2,1H3,(H,22,23). The number of carbonyl (C=O) groups excluding carboxylic acids is 2. The van der Waals surface area contributed by atoms with E-state index in [1.165, 1.54) is 18.2 Å². The lowest BCUT2D eigenvalue weighted by Gasteiger charge is -2.06. The van der Waals surface area contributed by atoms with Gasteiger partial charge in [-0.15, -0.1) is 8.78 Å². The zero-order valence-electron chi connectivity index (χ0n) is 14.5. The van der Waals surface area contributed by atoms with Crippen molar-refractivity contribution >= 4 is 28.5 Å². The number of amides is 1. The van der Waals surface area contributed by atoms with E-state index in [0.29, 0.717) is 11.1 Å². The number of esters is 1. The van der Waals surface area contributed by atoms with E-state index < -0.39 is 24.8 Å². The summed E-state index contributed by atoms with van der Waals surface area (Å²) in [5, 5.41) is 3.19. The lowest BCUT2D eigenvalue weighted by molar-refractivity contribution is -0.286. The molecule has 9 heteroatoms. The van der Waals surface area contributed by atoms with Crippen LogP contribution in [0.3, 0.4) is 0 Å². The highest BCUT2D eigenvalue weighted by Crippen LogP contribution is 2.42. The van der Waals surface area contributed by atoms with Gasteiger partial charge in [-0.2, -0.15) is 0 Å². The number of rotatable bonds is 4. The Morgan fingerprint density at radius 2 is 1.86 bits per heavy atom. The SMILES string of the molecule is Cc1c(C(=O)OCC(=O)Nc2ccc3c(c2)OC(F)(F)O3)oc2ccccc12. The first-order valence-electron chi connectivity index (χ1n) is 8.17. The highest BCUT2D eigenvalue weighted by atomic mass is 19.3. The highest BCUT2D eigenvalue weighted by Gasteiger charge is 2.43. The summed E-state index contributed by atoms with van der Waals surface area (Å²) in [5.74, 6) is -1.78. The first kappa shape index (κ1) is 17.8. The molecule has 1 aromatic heterocycles. The van der Waals surface area contributed by atoms with E-state index in [4.69, 9.17) is 9.15 Å². The van der Waals surface area contributed by atoms with Gasteiger partial charge in [-0.25, -0.2) is 4.79 Å². The molecule has 3 aromatic rings. The summed E-state index contributed by atoms with van der Waals surface area (Å²) in [7, 11) is 0. The molecule has 28 heavy (non-hydrogen) atoms. The molecule has 1 aliphatic rings. The van der Waals surface area contributed by atoms with Gasteiger partial charge in [0.1, 0.15) is 5.58 Å². The second-order valence-corrected chi connectivity index (χ2v) is 6.01. The predicted octanol–water partition coefficient (Wildman–Crippen LogP) is 3.86. The van der Waals surface area contributed by atoms with Gasteiger partial charge in [-0.3, -0.25) is 4.79 Å². The Hall–Kier alpha value is -3.62. The van der Waals surface area contributed by atoms with Crippen molar-refractivity contribution in [3.63, 3.8) is 0 Å². The Morgan fingerprint density at radius 3 is 2.64 bits per heavy atom. The molecule has 0 bridgehead atoms. The van der Waals surface area contributed by atoms with Gasteiger partial charge in [0, 0.05) is 22.7 Å². The molecule has 0 spiro atoms. The number of hydrogen-bond donors (Lipinski definition) is 1. The molecule has 0 aliphatic carbocycles. The monoisotopic (exact) mass is 389 g/mol. The zero-order chi connectivity index (χ0) is 19.9. The van der Waals surface area contributed by atoms with Crippen LogP contribution in [0.15, 0.2) is 46.9 Å². The number of halogens is 2. The third-order valence-corrected chi connectivity index (χ3v) is 4.05. The maximum atomic E-state index is 13.0. The number of ether oxygens (including phenoxy) is 3. The Bertz CT molecular complexity index is 1090. The molecule has 7 nitrogen and oxygen atoms in total. The Kier molecular flexibility index (Phi) is 4.14. The lowest BCUT2D eigenvalue weighted by Crippen LogP contribution is -2.25. The summed E-state index contributed by atoms with van der Waals surface area (Å²) in [5.41, 5.74) is 1.33. The molecule has 2 heterocycles. The van der Waals surface area contributed by atoms with E-state index in [0.717, 1.165) is 5.39 Å². The topological polar surface area (TPSA) is 87.0 Å². The van der Waals surface area contributed by atoms with Crippen molar-refractivity contribution in [1.82, 2.24) is 0 Å². The number of anilines is 1. The van der Waals surface area contributed by atoms with Crippen LogP contribution < -0.4 is 14.8 Å². The number of benzene rings is 2. The molecular weight excluding hydrogens is 376 g/mol. The van der Waals surface area contributed by atoms with Gasteiger partial charge < -0.3 is 23.9 Å². The summed E-state index contributed by atoms with van der Waals surface area (Å²) < 4.78 is 45.1. The summed E-state index contributed by atoms with van der Waals surface area (Å²) >= 11 is 0. The van der Waals surface area contributed by atoms with Crippen LogP contribution in [0.1, 0.15) is 16.1 Å². The van der Waals surface area contributed by atoms with Crippen molar-refractivity contribution in [2.24, 2.45) is 0 Å². The Labute approximate surface area is 156 Å². The van der Waals surface area contributed by atoms with E-state index in [1.54, 1.807) is 25.1 Å². The minimum Gasteiger partial charge on any atom is -0.450 e. The van der Waals surface area contributed by atoms with Crippen LogP contribution in [-0.4, -0.2) is 24.8 Å². The fourth-order valence-electron chi connectivity index (χ4n) is 2.79. The molecule has 0 unspecified atom stereocenters. The van der Waals surface area contributed by atoms with Crippen molar-refractivity contribution < 1.29 is 37.0 Å². The molecule has 0 atom stereocenters. The van der Waals surface area contributed by atoms with Gasteiger partial charge in [0.2, 0.25) is 5.76 Å². The van der Waals surface area contributed by atoms with E-state index >= 15 is 0 Å². The number of furan rings is 1. The third kappa shape index (κ3) is 3.34. The molecule has 1 aliphatic heterocycles. The molecule has 0 saturated carbocycles. The number of aryl methyl sites for hydroxylation is 1. The van der Waals surface area contributed by atoms with Crippen LogP contribution in [-0.2, 0) is 9.53 Å². The molecule has 0 saturated heterocycles. The van der Waals surface area contributed by atoms with Crippen molar-refractivity contribution in [1.29, 1.82) is 0 Å². The minimum absolute atomic E-state index is 0.0133. The maximum absolute atomic E-state index is 13.0. The zero-order valence-corrected chi connectivity index (χ0v) is 14.5. The number of fused-ring (bicyclic) bond motifs is 2. The summed E-state index contributed by atoms with van der Waals surface area (Å²) in [6.07, 6.45) is -3.75. The summed E-state index contributed by atoms with van der Waals surface area (Å²) in [6, 6.07) is 10.9. The fraction of sp³-hybridized carbons (Fsp3) is 0.158. The van der Waals surface area contributed by atoms with Gasteiger partial charge in [0.15, 0.2) is 18.1 Å². The van der Waals surface area contributed by atoms with Gasteiger partial charge in [-0.05, 0) is 25.1 Å². The van der Waals surface area contributed by atoms with Gasteiger partial charge in [-0.1, -0.05) is 18.2 Å². The van der Waals surface area contributed by atoms with Crippen molar-refractivity contribution in [3.8, 4) is 11.5 Å². The fourth-order valence-corrected chi connectivity index (χ4v) is 2.79. The summed E-state index contributed by atoms with van der Waals surface area (Å²) in [6.45, 7) is 1.13. The van der Waals surface area contributed by atoms with Crippen molar-refractivity contribution in [3.05, 3.63) is 53.8 Å². The largest absolute Gasteiger partial charge is 0.586 e. The van der Waals surface area contributed by atoms with Crippen molar-refractivity contribution in [2.45, 2.75) is 13.2 Å². The highest BCUT2D eigenvalue weighted by molar-refractivity contribution is 5.98. The van der Waals surface area contributed by atoms with Crippen LogP contribution >= 0.6 is 0 Å². The van der Waals surface area contributed by atoms with Crippen LogP contribution in [0.5, 0.6) is 11.5 Å². The van der Waals surface area contributed by atoms with Gasteiger partial charge >= 0.3 is 12.3 Å². The first-order chi connectivity index (χ1) is 13.3. The molecular formula is C19H13F2NO6. The number of carbonyl (C=O) groups is 2. The van der Waals surface area contributed by atoms with Crippen molar-refractivity contribution in [2.75, 3.05) is 11.9 Å². The number of alkyl halides is 2. The van der Waals surface area contributed by atoms with Crippen LogP contribution in [0.25, 0.3) is 11.0 Å². The van der Waals surface area contributed by atoms with Crippen LogP contribution in [0.2, 0.25) is 0 Å². The number of hydrogen-bond acceptors (Lipinski definition) is 6. The molecule has 1 amide bonds. The molecule has 4 rings (SSSR count). The van der Waals surface area contributed by atoms with E-state index in [1.807, 2.05) is 6.07 Å². The molecule has 0 fully saturated rings. The molecule has 144 valence electrons. The summed E-state index contributed by atoms with van der Waals surface area (Å²) in [4.78, 5) is 24.2. The van der Waals surface area contributed by atoms with E-state index in [-0.39, 0.29) is 22.9 Å². The third-order valence-electron chi connectivity index (χ3n) is 4.05. The molecule has 0 radical (unpaired) electrons. The van der Waals surface area contributed by atoms with E-state index in [9.17, 15) is 18.4 Å². The second-order valence-electron chi connectivity index (χ2n) is 6.01. The first-order valence-corrected chi connectivity index (χ1v) is 8.17. The van der Waals surface area contributed by atoms with Crippen LogP contribution in [0, 0.1) is 6.92 Å². The Morgan fingerprint density at radius 1 is 1.11 bits per heavy atom. The average Bonchev–Trinajstić information content (AvgIpc) is 3.15. The quantitative estimate of drug-likeness (QED) is 0.682. The smallest absolute Gasteiger partial charge is 0.450 e. The number of nitrogens with one attached hydrogen (secondary N) is 1. The minimum atomic E-state index is -3.75. The van der Waals surface area contributed by atoms with Crippen LogP contribution in [0.4, 0.5) is 14.5 Å². The normalized spacial score (nSPS) is 14.1. The van der Waals surface area contributed by atoms with Gasteiger partial charge in [0.25, 0.3) is 5.91 Å². The molecule has 2 aromatic carbocycles.